The fourth-order valence-electron chi connectivity index (χ4n) is 3.35. The van der Waals surface area contributed by atoms with E-state index >= 15 is 0 Å². The molecule has 0 unspecified atom stereocenters. The predicted molar refractivity (Wildman–Crippen MR) is 138 cm³/mol. The summed E-state index contributed by atoms with van der Waals surface area (Å²) >= 11 is 3.57. The summed E-state index contributed by atoms with van der Waals surface area (Å²) in [7, 11) is 0. The van der Waals surface area contributed by atoms with Crippen LogP contribution < -0.4 is 14.8 Å². The molecule has 0 aliphatic heterocycles. The van der Waals surface area contributed by atoms with E-state index in [4.69, 9.17) is 9.47 Å². The van der Waals surface area contributed by atoms with E-state index in [2.05, 4.69) is 28.2 Å². The van der Waals surface area contributed by atoms with Gasteiger partial charge in [-0.05, 0) is 71.6 Å². The first-order chi connectivity index (χ1) is 16.0. The second-order valence-electron chi connectivity index (χ2n) is 7.82. The number of hydrogen-bond acceptors (Lipinski definition) is 4. The molecule has 0 spiro atoms. The average molecular weight is 513 g/mol. The third kappa shape index (κ3) is 8.58. The minimum atomic E-state index is -0.454. The van der Waals surface area contributed by atoms with Gasteiger partial charge in [0, 0.05) is 5.69 Å². The quantitative estimate of drug-likeness (QED) is 0.172. The summed E-state index contributed by atoms with van der Waals surface area (Å²) < 4.78 is 12.5. The first-order valence-electron chi connectivity index (χ1n) is 11.6. The Morgan fingerprint density at radius 3 is 2.52 bits per heavy atom. The van der Waals surface area contributed by atoms with Gasteiger partial charge in [0.1, 0.15) is 11.6 Å². The van der Waals surface area contributed by atoms with Gasteiger partial charge in [-0.3, -0.25) is 4.79 Å². The molecule has 2 rings (SSSR count). The van der Waals surface area contributed by atoms with Crippen LogP contribution in [0.15, 0.2) is 46.4 Å². The van der Waals surface area contributed by atoms with Crippen molar-refractivity contribution in [1.29, 1.82) is 5.26 Å². The summed E-state index contributed by atoms with van der Waals surface area (Å²) in [5.74, 6) is 0.774. The van der Waals surface area contributed by atoms with Gasteiger partial charge in [-0.25, -0.2) is 0 Å². The number of ether oxygens (including phenoxy) is 2. The topological polar surface area (TPSA) is 71.3 Å². The van der Waals surface area contributed by atoms with E-state index in [0.717, 1.165) is 22.9 Å². The van der Waals surface area contributed by atoms with Crippen molar-refractivity contribution in [2.24, 2.45) is 0 Å². The second kappa shape index (κ2) is 14.4. The molecule has 33 heavy (non-hydrogen) atoms. The minimum Gasteiger partial charge on any atom is -0.490 e. The molecule has 0 fully saturated rings. The molecule has 2 aromatic carbocycles. The number of unbranched alkanes of at least 4 members (excludes halogenated alkanes) is 5. The Balaban J connectivity index is 2.13. The van der Waals surface area contributed by atoms with Crippen LogP contribution >= 0.6 is 15.9 Å². The Morgan fingerprint density at radius 1 is 1.09 bits per heavy atom. The van der Waals surface area contributed by atoms with Gasteiger partial charge >= 0.3 is 0 Å². The molecular formula is C27H33BrN2O3. The van der Waals surface area contributed by atoms with E-state index < -0.39 is 5.91 Å². The number of benzene rings is 2. The van der Waals surface area contributed by atoms with E-state index in [9.17, 15) is 10.1 Å². The lowest BCUT2D eigenvalue weighted by molar-refractivity contribution is -0.112. The number of halogens is 1. The summed E-state index contributed by atoms with van der Waals surface area (Å²) in [6.45, 7) is 7.12. The normalized spacial score (nSPS) is 11.1. The lowest BCUT2D eigenvalue weighted by atomic mass is 10.1. The van der Waals surface area contributed by atoms with Crippen molar-refractivity contribution in [2.75, 3.05) is 18.5 Å². The van der Waals surface area contributed by atoms with E-state index in [-0.39, 0.29) is 5.57 Å². The maximum Gasteiger partial charge on any atom is 0.266 e. The van der Waals surface area contributed by atoms with E-state index in [1.165, 1.54) is 25.7 Å². The molecule has 0 atom stereocenters. The van der Waals surface area contributed by atoms with E-state index in [0.29, 0.717) is 36.0 Å². The second-order valence-corrected chi connectivity index (χ2v) is 8.67. The van der Waals surface area contributed by atoms with Crippen molar-refractivity contribution in [3.8, 4) is 17.6 Å². The molecule has 0 saturated carbocycles. The molecule has 6 heteroatoms. The van der Waals surface area contributed by atoms with Crippen LogP contribution in [0.4, 0.5) is 5.69 Å². The summed E-state index contributed by atoms with van der Waals surface area (Å²) in [5, 5.41) is 12.4. The lowest BCUT2D eigenvalue weighted by Gasteiger charge is -2.15. The molecule has 5 nitrogen and oxygen atoms in total. The summed E-state index contributed by atoms with van der Waals surface area (Å²) in [4.78, 5) is 12.7. The van der Waals surface area contributed by atoms with Crippen LogP contribution in [-0.4, -0.2) is 19.1 Å². The van der Waals surface area contributed by atoms with Crippen LogP contribution in [-0.2, 0) is 4.79 Å². The minimum absolute atomic E-state index is 0.00773. The van der Waals surface area contributed by atoms with Gasteiger partial charge in [0.05, 0.1) is 17.7 Å². The van der Waals surface area contributed by atoms with Crippen LogP contribution in [0.1, 0.15) is 63.5 Å². The van der Waals surface area contributed by atoms with Crippen LogP contribution in [0.25, 0.3) is 6.08 Å². The van der Waals surface area contributed by atoms with Crippen LogP contribution in [0.2, 0.25) is 0 Å². The highest BCUT2D eigenvalue weighted by atomic mass is 79.9. The maximum absolute atomic E-state index is 12.7. The van der Waals surface area contributed by atoms with Crippen molar-refractivity contribution in [3.63, 3.8) is 0 Å². The van der Waals surface area contributed by atoms with Gasteiger partial charge in [-0.2, -0.15) is 5.26 Å². The molecule has 0 aromatic heterocycles. The summed E-state index contributed by atoms with van der Waals surface area (Å²) in [6, 6.07) is 13.1. The Kier molecular flexibility index (Phi) is 11.5. The number of amides is 1. The number of carbonyl (C=O) groups is 1. The van der Waals surface area contributed by atoms with Crippen LogP contribution in [0.3, 0.4) is 0 Å². The van der Waals surface area contributed by atoms with Crippen molar-refractivity contribution >= 4 is 33.6 Å². The van der Waals surface area contributed by atoms with E-state index in [1.54, 1.807) is 12.1 Å². The molecule has 2 aromatic rings. The molecule has 0 heterocycles. The number of hydrogen-bond donors (Lipinski definition) is 1. The monoisotopic (exact) mass is 512 g/mol. The number of rotatable bonds is 13. The molecule has 176 valence electrons. The average Bonchev–Trinajstić information content (AvgIpc) is 2.80. The molecule has 0 radical (unpaired) electrons. The molecular weight excluding hydrogens is 480 g/mol. The Bertz CT molecular complexity index is 995. The number of carbonyl (C=O) groups excluding carboxylic acids is 1. The third-order valence-electron chi connectivity index (χ3n) is 5.15. The largest absolute Gasteiger partial charge is 0.490 e. The van der Waals surface area contributed by atoms with Gasteiger partial charge in [0.25, 0.3) is 5.91 Å². The molecule has 0 aliphatic rings. The zero-order chi connectivity index (χ0) is 24.1. The smallest absolute Gasteiger partial charge is 0.266 e. The number of nitrogens with zero attached hydrogens (tertiary/aromatic N) is 1. The van der Waals surface area contributed by atoms with Gasteiger partial charge in [-0.15, -0.1) is 0 Å². The number of anilines is 1. The highest BCUT2D eigenvalue weighted by molar-refractivity contribution is 9.10. The molecule has 0 aliphatic carbocycles. The predicted octanol–water partition coefficient (Wildman–Crippen LogP) is 7.44. The molecule has 0 saturated heterocycles. The van der Waals surface area contributed by atoms with Crippen molar-refractivity contribution in [1.82, 2.24) is 0 Å². The number of aryl methyl sites for hydroxylation is 1. The van der Waals surface area contributed by atoms with Crippen LogP contribution in [0.5, 0.6) is 11.5 Å². The molecule has 1 amide bonds. The van der Waals surface area contributed by atoms with Gasteiger partial charge in [0.15, 0.2) is 11.5 Å². The third-order valence-corrected chi connectivity index (χ3v) is 5.73. The number of para-hydroxylation sites is 1. The summed E-state index contributed by atoms with van der Waals surface area (Å²) in [6.07, 6.45) is 8.70. The lowest BCUT2D eigenvalue weighted by Crippen LogP contribution is -2.14. The fraction of sp³-hybridized carbons (Fsp3) is 0.407. The SMILES string of the molecule is CCCCCCCCOc1c(Br)cc(/C=C(/C#N)C(=O)Nc2ccccc2C)cc1OCC. The summed E-state index contributed by atoms with van der Waals surface area (Å²) in [5.41, 5.74) is 2.29. The zero-order valence-corrected chi connectivity index (χ0v) is 21.3. The van der Waals surface area contributed by atoms with Crippen molar-refractivity contribution in [3.05, 3.63) is 57.6 Å². The molecule has 1 N–H and O–H groups in total. The van der Waals surface area contributed by atoms with Crippen molar-refractivity contribution in [2.45, 2.75) is 59.3 Å². The highest BCUT2D eigenvalue weighted by Crippen LogP contribution is 2.37. The Morgan fingerprint density at radius 2 is 1.82 bits per heavy atom. The van der Waals surface area contributed by atoms with Gasteiger partial charge < -0.3 is 14.8 Å². The van der Waals surface area contributed by atoms with E-state index in [1.807, 2.05) is 50.2 Å². The Labute approximate surface area is 205 Å². The van der Waals surface area contributed by atoms with Crippen LogP contribution in [0, 0.1) is 18.3 Å². The molecule has 0 bridgehead atoms. The number of nitrogens with one attached hydrogen (secondary N) is 1. The Hall–Kier alpha value is -2.78. The van der Waals surface area contributed by atoms with Gasteiger partial charge in [0.2, 0.25) is 0 Å². The zero-order valence-electron chi connectivity index (χ0n) is 19.7. The van der Waals surface area contributed by atoms with Gasteiger partial charge in [-0.1, -0.05) is 57.2 Å². The van der Waals surface area contributed by atoms with Crippen molar-refractivity contribution < 1.29 is 14.3 Å². The standard InChI is InChI=1S/C27H33BrN2O3/c1-4-6-7-8-9-12-15-33-26-23(28)17-21(18-25(26)32-5-2)16-22(19-29)27(31)30-24-14-11-10-13-20(24)3/h10-11,13-14,16-18H,4-9,12,15H2,1-3H3,(H,30,31)/b22-16-. The number of nitriles is 1. The fourth-order valence-corrected chi connectivity index (χ4v) is 3.92. The maximum atomic E-state index is 12.7. The first-order valence-corrected chi connectivity index (χ1v) is 12.4. The first kappa shape index (κ1) is 26.5. The highest BCUT2D eigenvalue weighted by Gasteiger charge is 2.15.